The summed E-state index contributed by atoms with van der Waals surface area (Å²) in [4.78, 5) is 14.3. The fourth-order valence-electron chi connectivity index (χ4n) is 1.64. The van der Waals surface area contributed by atoms with Gasteiger partial charge in [0.15, 0.2) is 5.82 Å². The van der Waals surface area contributed by atoms with Crippen molar-refractivity contribution in [2.45, 2.75) is 47.2 Å². The third-order valence-electron chi connectivity index (χ3n) is 2.63. The molecule has 0 saturated heterocycles. The van der Waals surface area contributed by atoms with E-state index in [1.54, 1.807) is 0 Å². The molecule has 0 saturated carbocycles. The van der Waals surface area contributed by atoms with Crippen molar-refractivity contribution < 1.29 is 4.79 Å². The summed E-state index contributed by atoms with van der Waals surface area (Å²) in [5, 5.41) is 10.6. The Morgan fingerprint density at radius 3 is 2.67 bits per heavy atom. The van der Waals surface area contributed by atoms with E-state index in [4.69, 9.17) is 0 Å². The second-order valence-corrected chi connectivity index (χ2v) is 4.20. The number of fused-ring (bicyclic) bond motifs is 1. The van der Waals surface area contributed by atoms with E-state index in [0.717, 1.165) is 31.2 Å². The molecule has 6 heteroatoms. The van der Waals surface area contributed by atoms with Crippen molar-refractivity contribution in [2.24, 2.45) is 4.99 Å². The molecule has 0 fully saturated rings. The van der Waals surface area contributed by atoms with Crippen molar-refractivity contribution >= 4 is 11.6 Å². The quantitative estimate of drug-likeness (QED) is 0.812. The molecule has 0 aliphatic carbocycles. The Morgan fingerprint density at radius 1 is 1.39 bits per heavy atom. The molecule has 6 nitrogen and oxygen atoms in total. The molecule has 2 heterocycles. The standard InChI is InChI=1S/C8H12N4.C4H9NO/c1-6-3-4-12-7(2)10-11-8(12)5-9-6;1-3-5-4(2)6/h3-5H2,1-2H3;3H2,1-2H3,(H,5,6). The van der Waals surface area contributed by atoms with Gasteiger partial charge in [0, 0.05) is 32.1 Å². The van der Waals surface area contributed by atoms with Crippen molar-refractivity contribution in [3.8, 4) is 0 Å². The van der Waals surface area contributed by atoms with Crippen molar-refractivity contribution in [2.75, 3.05) is 6.54 Å². The van der Waals surface area contributed by atoms with E-state index < -0.39 is 0 Å². The normalized spacial score (nSPS) is 13.7. The average molecular weight is 251 g/mol. The zero-order chi connectivity index (χ0) is 13.5. The molecule has 1 aliphatic heterocycles. The fourth-order valence-corrected chi connectivity index (χ4v) is 1.64. The lowest BCUT2D eigenvalue weighted by Crippen LogP contribution is -2.18. The Kier molecular flexibility index (Phi) is 5.48. The number of aromatic nitrogens is 3. The Bertz CT molecular complexity index is 436. The Balaban J connectivity index is 0.000000232. The number of aryl methyl sites for hydroxylation is 1. The molecule has 1 amide bonds. The van der Waals surface area contributed by atoms with Crippen LogP contribution in [0.4, 0.5) is 0 Å². The topological polar surface area (TPSA) is 72.2 Å². The Hall–Kier alpha value is -1.72. The van der Waals surface area contributed by atoms with Crippen LogP contribution in [0.1, 0.15) is 38.8 Å². The van der Waals surface area contributed by atoms with Crippen LogP contribution in [0, 0.1) is 6.92 Å². The van der Waals surface area contributed by atoms with Gasteiger partial charge >= 0.3 is 0 Å². The zero-order valence-corrected chi connectivity index (χ0v) is 11.5. The van der Waals surface area contributed by atoms with Crippen LogP contribution in [0.15, 0.2) is 4.99 Å². The SMILES string of the molecule is CC1=NCc2nnc(C)n2CC1.CCNC(C)=O. The fraction of sp³-hybridized carbons (Fsp3) is 0.667. The zero-order valence-electron chi connectivity index (χ0n) is 11.5. The first-order valence-corrected chi connectivity index (χ1v) is 6.17. The summed E-state index contributed by atoms with van der Waals surface area (Å²) < 4.78 is 2.14. The molecular weight excluding hydrogens is 230 g/mol. The van der Waals surface area contributed by atoms with Crippen LogP contribution in [-0.2, 0) is 17.9 Å². The summed E-state index contributed by atoms with van der Waals surface area (Å²) in [6.07, 6.45) is 1.02. The third-order valence-corrected chi connectivity index (χ3v) is 2.63. The minimum absolute atomic E-state index is 0.0394. The maximum Gasteiger partial charge on any atom is 0.216 e. The van der Waals surface area contributed by atoms with E-state index in [2.05, 4.69) is 32.0 Å². The largest absolute Gasteiger partial charge is 0.357 e. The van der Waals surface area contributed by atoms with Crippen LogP contribution in [0.25, 0.3) is 0 Å². The van der Waals surface area contributed by atoms with Crippen LogP contribution in [0.3, 0.4) is 0 Å². The van der Waals surface area contributed by atoms with Crippen LogP contribution in [0.5, 0.6) is 0 Å². The highest BCUT2D eigenvalue weighted by atomic mass is 16.1. The summed E-state index contributed by atoms with van der Waals surface area (Å²) >= 11 is 0. The number of rotatable bonds is 1. The Morgan fingerprint density at radius 2 is 2.11 bits per heavy atom. The maximum absolute atomic E-state index is 9.93. The molecular formula is C12H21N5O. The van der Waals surface area contributed by atoms with E-state index in [1.165, 1.54) is 12.6 Å². The maximum atomic E-state index is 9.93. The van der Waals surface area contributed by atoms with Crippen molar-refractivity contribution in [3.05, 3.63) is 11.6 Å². The monoisotopic (exact) mass is 251 g/mol. The first-order valence-electron chi connectivity index (χ1n) is 6.17. The first-order chi connectivity index (χ1) is 8.54. The van der Waals surface area contributed by atoms with Crippen molar-refractivity contribution in [1.82, 2.24) is 20.1 Å². The number of aliphatic imine (C=N–C) groups is 1. The lowest BCUT2D eigenvalue weighted by molar-refractivity contribution is -0.118. The lowest BCUT2D eigenvalue weighted by Gasteiger charge is -2.01. The minimum atomic E-state index is 0.0394. The summed E-state index contributed by atoms with van der Waals surface area (Å²) in [5.41, 5.74) is 1.21. The van der Waals surface area contributed by atoms with Gasteiger partial charge in [-0.25, -0.2) is 0 Å². The summed E-state index contributed by atoms with van der Waals surface area (Å²) in [6, 6.07) is 0. The van der Waals surface area contributed by atoms with Crippen LogP contribution < -0.4 is 5.32 Å². The molecule has 1 N–H and O–H groups in total. The number of carbonyl (C=O) groups excluding carboxylic acids is 1. The lowest BCUT2D eigenvalue weighted by atomic mass is 10.3. The van der Waals surface area contributed by atoms with Gasteiger partial charge in [0.05, 0.1) is 6.54 Å². The van der Waals surface area contributed by atoms with Gasteiger partial charge in [-0.1, -0.05) is 0 Å². The van der Waals surface area contributed by atoms with Gasteiger partial charge < -0.3 is 9.88 Å². The van der Waals surface area contributed by atoms with E-state index >= 15 is 0 Å². The number of hydrogen-bond donors (Lipinski definition) is 1. The highest BCUT2D eigenvalue weighted by Crippen LogP contribution is 2.08. The minimum Gasteiger partial charge on any atom is -0.357 e. The Labute approximate surface area is 108 Å². The molecule has 2 rings (SSSR count). The predicted octanol–water partition coefficient (Wildman–Crippen LogP) is 1.09. The molecule has 0 spiro atoms. The molecule has 1 aromatic rings. The van der Waals surface area contributed by atoms with Gasteiger partial charge in [0.1, 0.15) is 5.82 Å². The van der Waals surface area contributed by atoms with E-state index in [1.807, 2.05) is 13.8 Å². The van der Waals surface area contributed by atoms with Gasteiger partial charge in [-0.3, -0.25) is 9.79 Å². The molecule has 0 unspecified atom stereocenters. The van der Waals surface area contributed by atoms with Crippen LogP contribution in [-0.4, -0.2) is 32.9 Å². The van der Waals surface area contributed by atoms with E-state index in [0.29, 0.717) is 6.54 Å². The van der Waals surface area contributed by atoms with Gasteiger partial charge in [0.25, 0.3) is 0 Å². The molecule has 1 aromatic heterocycles. The summed E-state index contributed by atoms with van der Waals surface area (Å²) in [5.74, 6) is 2.02. The highest BCUT2D eigenvalue weighted by Gasteiger charge is 2.10. The third kappa shape index (κ3) is 4.27. The van der Waals surface area contributed by atoms with E-state index in [9.17, 15) is 4.79 Å². The number of carbonyl (C=O) groups is 1. The number of hydrogen-bond acceptors (Lipinski definition) is 4. The molecule has 0 atom stereocenters. The number of nitrogens with zero attached hydrogens (tertiary/aromatic N) is 4. The predicted molar refractivity (Wildman–Crippen MR) is 70.5 cm³/mol. The molecule has 0 bridgehead atoms. The molecule has 1 aliphatic rings. The average Bonchev–Trinajstić information content (AvgIpc) is 2.53. The van der Waals surface area contributed by atoms with Crippen molar-refractivity contribution in [3.63, 3.8) is 0 Å². The molecule has 0 radical (unpaired) electrons. The number of nitrogens with one attached hydrogen (secondary N) is 1. The van der Waals surface area contributed by atoms with Gasteiger partial charge in [-0.05, 0) is 20.8 Å². The molecule has 18 heavy (non-hydrogen) atoms. The molecule has 0 aromatic carbocycles. The van der Waals surface area contributed by atoms with Crippen LogP contribution in [0.2, 0.25) is 0 Å². The number of amides is 1. The van der Waals surface area contributed by atoms with Gasteiger partial charge in [0.2, 0.25) is 5.91 Å². The van der Waals surface area contributed by atoms with Gasteiger partial charge in [-0.2, -0.15) is 0 Å². The second kappa shape index (κ2) is 6.88. The summed E-state index contributed by atoms with van der Waals surface area (Å²) in [6.45, 7) is 9.84. The van der Waals surface area contributed by atoms with Gasteiger partial charge in [-0.15, -0.1) is 10.2 Å². The first kappa shape index (κ1) is 14.3. The van der Waals surface area contributed by atoms with E-state index in [-0.39, 0.29) is 5.91 Å². The second-order valence-electron chi connectivity index (χ2n) is 4.20. The smallest absolute Gasteiger partial charge is 0.216 e. The molecule has 100 valence electrons. The van der Waals surface area contributed by atoms with Crippen LogP contribution >= 0.6 is 0 Å². The van der Waals surface area contributed by atoms with Crippen molar-refractivity contribution in [1.29, 1.82) is 0 Å². The highest BCUT2D eigenvalue weighted by molar-refractivity contribution is 5.81. The summed E-state index contributed by atoms with van der Waals surface area (Å²) in [7, 11) is 0.